The Hall–Kier alpha value is -6.77. The molecule has 0 N–H and O–H groups in total. The van der Waals surface area contributed by atoms with Gasteiger partial charge in [0.05, 0.1) is 33.3 Å². The second kappa shape index (κ2) is 11.6. The molecule has 2 aromatic heterocycles. The van der Waals surface area contributed by atoms with Crippen LogP contribution in [0.15, 0.2) is 182 Å². The van der Waals surface area contributed by atoms with Gasteiger partial charge >= 0.3 is 0 Å². The predicted molar refractivity (Wildman–Crippen MR) is 226 cm³/mol. The summed E-state index contributed by atoms with van der Waals surface area (Å²) in [7, 11) is 0. The van der Waals surface area contributed by atoms with E-state index in [-0.39, 0.29) is 0 Å². The van der Waals surface area contributed by atoms with Crippen LogP contribution in [-0.2, 0) is 5.41 Å². The molecule has 254 valence electrons. The molecule has 1 atom stereocenters. The van der Waals surface area contributed by atoms with Crippen LogP contribution in [0, 0.1) is 0 Å². The van der Waals surface area contributed by atoms with Crippen LogP contribution >= 0.6 is 0 Å². The monoisotopic (exact) mass is 688 g/mol. The third kappa shape index (κ3) is 4.14. The summed E-state index contributed by atoms with van der Waals surface area (Å²) in [5.41, 5.74) is 19.3. The van der Waals surface area contributed by atoms with Crippen LogP contribution in [0.2, 0.25) is 0 Å². The normalized spacial score (nSPS) is 15.9. The van der Waals surface area contributed by atoms with Crippen molar-refractivity contribution in [3.63, 3.8) is 0 Å². The first-order valence-electron chi connectivity index (χ1n) is 18.8. The van der Waals surface area contributed by atoms with Gasteiger partial charge in [-0.05, 0) is 99.8 Å². The van der Waals surface area contributed by atoms with Gasteiger partial charge in [0.1, 0.15) is 0 Å². The molecule has 0 bridgehead atoms. The molecule has 2 heteroatoms. The van der Waals surface area contributed by atoms with E-state index in [0.717, 1.165) is 22.2 Å². The number of nitrogens with zero attached hydrogens (tertiary/aromatic N) is 2. The number of rotatable bonds is 4. The summed E-state index contributed by atoms with van der Waals surface area (Å²) < 4.78 is 2.51. The smallest absolute Gasteiger partial charge is 0.0754 e. The van der Waals surface area contributed by atoms with Gasteiger partial charge in [-0.3, -0.25) is 0 Å². The van der Waals surface area contributed by atoms with E-state index in [1.54, 1.807) is 0 Å². The first kappa shape index (κ1) is 30.8. The lowest BCUT2D eigenvalue weighted by molar-refractivity contribution is 0.748. The van der Waals surface area contributed by atoms with Crippen molar-refractivity contribution in [1.29, 1.82) is 0 Å². The van der Waals surface area contributed by atoms with E-state index in [1.165, 1.54) is 83.1 Å². The third-order valence-electron chi connectivity index (χ3n) is 11.9. The molecular formula is C52H36N2. The lowest BCUT2D eigenvalue weighted by Gasteiger charge is -2.39. The van der Waals surface area contributed by atoms with Crippen molar-refractivity contribution in [3.05, 3.63) is 215 Å². The summed E-state index contributed by atoms with van der Waals surface area (Å²) in [6.07, 6.45) is 4.56. The quantitative estimate of drug-likeness (QED) is 0.168. The molecule has 1 aliphatic heterocycles. The van der Waals surface area contributed by atoms with Crippen LogP contribution < -0.4 is 0 Å². The van der Waals surface area contributed by atoms with Crippen LogP contribution in [0.1, 0.15) is 47.2 Å². The average Bonchev–Trinajstić information content (AvgIpc) is 3.73. The molecule has 0 saturated heterocycles. The molecule has 7 aromatic carbocycles. The zero-order valence-corrected chi connectivity index (χ0v) is 30.2. The van der Waals surface area contributed by atoms with Gasteiger partial charge in [0, 0.05) is 21.7 Å². The molecule has 2 nitrogen and oxygen atoms in total. The SMILES string of the molecule is C/C=C(\C=C(/C)c1ccc2c(c1)-c1ccccc1C21c2ccccc2-n2c3ccccc3c3cccc1c32)c1cccc2nc(-c3ccccc3)ccc12. The van der Waals surface area contributed by atoms with Gasteiger partial charge in [-0.1, -0.05) is 152 Å². The molecule has 0 amide bonds. The van der Waals surface area contributed by atoms with Crippen molar-refractivity contribution < 1.29 is 0 Å². The van der Waals surface area contributed by atoms with E-state index in [4.69, 9.17) is 4.98 Å². The third-order valence-corrected chi connectivity index (χ3v) is 11.9. The van der Waals surface area contributed by atoms with Gasteiger partial charge in [-0.15, -0.1) is 0 Å². The molecule has 1 spiro atoms. The van der Waals surface area contributed by atoms with Crippen LogP contribution in [0.5, 0.6) is 0 Å². The Morgan fingerprint density at radius 1 is 0.574 bits per heavy atom. The summed E-state index contributed by atoms with van der Waals surface area (Å²) in [5.74, 6) is 0. The first-order chi connectivity index (χ1) is 26.7. The number of hydrogen-bond acceptors (Lipinski definition) is 1. The van der Waals surface area contributed by atoms with Crippen LogP contribution in [0.4, 0.5) is 0 Å². The van der Waals surface area contributed by atoms with Crippen molar-refractivity contribution in [2.75, 3.05) is 0 Å². The van der Waals surface area contributed by atoms with Gasteiger partial charge < -0.3 is 4.57 Å². The molecule has 11 rings (SSSR count). The highest BCUT2D eigenvalue weighted by molar-refractivity contribution is 6.13. The minimum Gasteiger partial charge on any atom is -0.309 e. The second-order valence-electron chi connectivity index (χ2n) is 14.6. The molecule has 2 aliphatic rings. The van der Waals surface area contributed by atoms with E-state index in [2.05, 4.69) is 194 Å². The van der Waals surface area contributed by atoms with Gasteiger partial charge in [0.15, 0.2) is 0 Å². The molecule has 1 aliphatic carbocycles. The maximum atomic E-state index is 5.07. The van der Waals surface area contributed by atoms with Crippen molar-refractivity contribution in [1.82, 2.24) is 9.55 Å². The zero-order chi connectivity index (χ0) is 36.0. The summed E-state index contributed by atoms with van der Waals surface area (Å²) in [6.45, 7) is 4.38. The van der Waals surface area contributed by atoms with Gasteiger partial charge in [-0.2, -0.15) is 0 Å². The van der Waals surface area contributed by atoms with Crippen LogP contribution in [-0.4, -0.2) is 9.55 Å². The van der Waals surface area contributed by atoms with Crippen molar-refractivity contribution in [2.24, 2.45) is 0 Å². The van der Waals surface area contributed by atoms with Gasteiger partial charge in [0.2, 0.25) is 0 Å². The predicted octanol–water partition coefficient (Wildman–Crippen LogP) is 13.2. The highest BCUT2D eigenvalue weighted by Gasteiger charge is 2.50. The highest BCUT2D eigenvalue weighted by atomic mass is 15.0. The Morgan fingerprint density at radius 2 is 1.30 bits per heavy atom. The van der Waals surface area contributed by atoms with Crippen molar-refractivity contribution in [2.45, 2.75) is 19.3 Å². The van der Waals surface area contributed by atoms with Gasteiger partial charge in [-0.25, -0.2) is 4.98 Å². The first-order valence-corrected chi connectivity index (χ1v) is 18.8. The van der Waals surface area contributed by atoms with E-state index in [0.29, 0.717) is 0 Å². The summed E-state index contributed by atoms with van der Waals surface area (Å²) in [6, 6.07) is 62.4. The fraction of sp³-hybridized carbons (Fsp3) is 0.0577. The van der Waals surface area contributed by atoms with E-state index >= 15 is 0 Å². The Bertz CT molecular complexity index is 3070. The maximum absolute atomic E-state index is 5.07. The topological polar surface area (TPSA) is 17.8 Å². The lowest BCUT2D eigenvalue weighted by atomic mass is 9.65. The summed E-state index contributed by atoms with van der Waals surface area (Å²) in [5, 5.41) is 3.75. The minimum atomic E-state index is -0.439. The van der Waals surface area contributed by atoms with Crippen LogP contribution in [0.25, 0.3) is 71.9 Å². The molecule has 0 radical (unpaired) electrons. The number of para-hydroxylation sites is 3. The summed E-state index contributed by atoms with van der Waals surface area (Å²) in [4.78, 5) is 5.07. The number of aromatic nitrogens is 2. The van der Waals surface area contributed by atoms with E-state index in [9.17, 15) is 0 Å². The molecule has 3 heterocycles. The number of fused-ring (bicyclic) bond motifs is 13. The number of benzene rings is 7. The molecule has 0 fully saturated rings. The molecule has 9 aromatic rings. The Kier molecular flexibility index (Phi) is 6.63. The number of hydrogen-bond donors (Lipinski definition) is 0. The lowest BCUT2D eigenvalue weighted by Crippen LogP contribution is -2.33. The Morgan fingerprint density at radius 3 is 2.19 bits per heavy atom. The van der Waals surface area contributed by atoms with E-state index < -0.39 is 5.41 Å². The Balaban J connectivity index is 1.08. The minimum absolute atomic E-state index is 0.439. The fourth-order valence-corrected chi connectivity index (χ4v) is 9.62. The number of pyridine rings is 1. The summed E-state index contributed by atoms with van der Waals surface area (Å²) >= 11 is 0. The average molecular weight is 689 g/mol. The van der Waals surface area contributed by atoms with Crippen molar-refractivity contribution in [3.8, 4) is 28.1 Å². The Labute approximate surface area is 315 Å². The van der Waals surface area contributed by atoms with Crippen molar-refractivity contribution >= 4 is 43.9 Å². The maximum Gasteiger partial charge on any atom is 0.0754 e. The molecule has 1 unspecified atom stereocenters. The largest absolute Gasteiger partial charge is 0.309 e. The standard InChI is InChI=1S/C52H36N2/c1-3-34(37-19-14-24-48-39(37)28-30-47(53-48)35-15-5-4-6-16-35)31-33(2)36-27-29-44-42(32-36)38-17-7-9-21-43(38)52(44)45-22-10-12-26-50(45)54-49-25-11-8-18-40(49)41-20-13-23-46(52)51(41)54/h3-32H,1-2H3/b33-31+,34-3+. The zero-order valence-electron chi connectivity index (χ0n) is 30.2. The second-order valence-corrected chi connectivity index (χ2v) is 14.6. The van der Waals surface area contributed by atoms with Gasteiger partial charge in [0.25, 0.3) is 0 Å². The van der Waals surface area contributed by atoms with E-state index in [1.807, 2.05) is 6.07 Å². The molecule has 0 saturated carbocycles. The fourth-order valence-electron chi connectivity index (χ4n) is 9.62. The highest BCUT2D eigenvalue weighted by Crippen LogP contribution is 2.61. The number of allylic oxidation sites excluding steroid dienone is 4. The molecule has 54 heavy (non-hydrogen) atoms. The molecular weight excluding hydrogens is 653 g/mol. The van der Waals surface area contributed by atoms with Crippen LogP contribution in [0.3, 0.4) is 0 Å².